The van der Waals surface area contributed by atoms with Gasteiger partial charge in [-0.1, -0.05) is 64.5 Å². The molecule has 1 aromatic heterocycles. The molecule has 0 unspecified atom stereocenters. The molecule has 0 N–H and O–H groups in total. The molecule has 1 heterocycles. The van der Waals surface area contributed by atoms with Gasteiger partial charge in [-0.15, -0.1) is 0 Å². The highest BCUT2D eigenvalue weighted by Gasteiger charge is 2.13. The van der Waals surface area contributed by atoms with Crippen molar-refractivity contribution in [1.82, 2.24) is 0 Å². The molecule has 4 aromatic rings. The summed E-state index contributed by atoms with van der Waals surface area (Å²) in [5, 5.41) is 3.63. The number of fused-ring (bicyclic) bond motifs is 3. The molecule has 0 spiro atoms. The zero-order valence-electron chi connectivity index (χ0n) is 10.6. The first-order chi connectivity index (χ1) is 9.84. The Balaban J connectivity index is 2.16. The summed E-state index contributed by atoms with van der Waals surface area (Å²) in [6.45, 7) is 0. The Labute approximate surface area is 125 Å². The molecule has 0 fully saturated rings. The summed E-state index contributed by atoms with van der Waals surface area (Å²) in [6.07, 6.45) is 1.84. The van der Waals surface area contributed by atoms with Crippen LogP contribution in [-0.4, -0.2) is 0 Å². The largest absolute Gasteiger partial charge is 0.464 e. The van der Waals surface area contributed by atoms with Gasteiger partial charge in [-0.05, 0) is 28.5 Å². The molecular weight excluding hydrogens is 312 g/mol. The highest BCUT2D eigenvalue weighted by Crippen LogP contribution is 2.38. The van der Waals surface area contributed by atoms with E-state index in [-0.39, 0.29) is 0 Å². The fourth-order valence-corrected chi connectivity index (χ4v) is 3.19. The van der Waals surface area contributed by atoms with Crippen molar-refractivity contribution in [2.45, 2.75) is 0 Å². The second-order valence-electron chi connectivity index (χ2n) is 4.79. The molecule has 96 valence electrons. The lowest BCUT2D eigenvalue weighted by molar-refractivity contribution is 0.617. The number of benzene rings is 3. The van der Waals surface area contributed by atoms with Crippen molar-refractivity contribution in [1.29, 1.82) is 0 Å². The minimum Gasteiger partial charge on any atom is -0.464 e. The van der Waals surface area contributed by atoms with Crippen molar-refractivity contribution < 1.29 is 4.42 Å². The maximum absolute atomic E-state index is 5.75. The van der Waals surface area contributed by atoms with Gasteiger partial charge in [0.2, 0.25) is 0 Å². The maximum Gasteiger partial charge on any atom is 0.135 e. The minimum atomic E-state index is 0.925. The minimum absolute atomic E-state index is 0.925. The van der Waals surface area contributed by atoms with Gasteiger partial charge in [0.25, 0.3) is 0 Å². The Bertz CT molecular complexity index is 921. The fraction of sp³-hybridized carbons (Fsp3) is 0. The molecule has 0 bridgehead atoms. The molecule has 0 saturated heterocycles. The summed E-state index contributed by atoms with van der Waals surface area (Å²) in [6, 6.07) is 20.8. The van der Waals surface area contributed by atoms with Crippen molar-refractivity contribution in [3.63, 3.8) is 0 Å². The Morgan fingerprint density at radius 3 is 2.45 bits per heavy atom. The lowest BCUT2D eigenvalue weighted by atomic mass is 9.99. The summed E-state index contributed by atoms with van der Waals surface area (Å²) >= 11 is 3.63. The molecule has 0 saturated carbocycles. The summed E-state index contributed by atoms with van der Waals surface area (Å²) in [5.74, 6) is 0. The van der Waals surface area contributed by atoms with Gasteiger partial charge in [0.05, 0.1) is 6.26 Å². The van der Waals surface area contributed by atoms with Gasteiger partial charge in [0, 0.05) is 15.4 Å². The van der Waals surface area contributed by atoms with Crippen LogP contribution in [0.2, 0.25) is 0 Å². The van der Waals surface area contributed by atoms with Crippen LogP contribution in [-0.2, 0) is 0 Å². The van der Waals surface area contributed by atoms with Crippen LogP contribution in [0.1, 0.15) is 0 Å². The maximum atomic E-state index is 5.75. The van der Waals surface area contributed by atoms with Gasteiger partial charge in [-0.3, -0.25) is 0 Å². The van der Waals surface area contributed by atoms with Crippen LogP contribution in [0.3, 0.4) is 0 Å². The third-order valence-corrected chi connectivity index (χ3v) is 4.32. The van der Waals surface area contributed by atoms with Gasteiger partial charge in [-0.25, -0.2) is 0 Å². The third kappa shape index (κ3) is 1.69. The highest BCUT2D eigenvalue weighted by atomic mass is 79.9. The van der Waals surface area contributed by atoms with E-state index in [0.717, 1.165) is 21.2 Å². The molecule has 3 aromatic carbocycles. The lowest BCUT2D eigenvalue weighted by Crippen LogP contribution is -1.79. The second kappa shape index (κ2) is 4.50. The van der Waals surface area contributed by atoms with E-state index in [4.69, 9.17) is 4.42 Å². The molecule has 0 amide bonds. The zero-order valence-corrected chi connectivity index (χ0v) is 12.2. The average molecular weight is 323 g/mol. The fourth-order valence-electron chi connectivity index (χ4n) is 2.69. The van der Waals surface area contributed by atoms with Crippen LogP contribution < -0.4 is 0 Å². The van der Waals surface area contributed by atoms with Gasteiger partial charge in [0.15, 0.2) is 0 Å². The normalized spacial score (nSPS) is 11.2. The monoisotopic (exact) mass is 322 g/mol. The van der Waals surface area contributed by atoms with Crippen LogP contribution in [0.25, 0.3) is 32.9 Å². The predicted octanol–water partition coefficient (Wildman–Crippen LogP) is 6.02. The number of furan rings is 1. The number of hydrogen-bond acceptors (Lipinski definition) is 1. The van der Waals surface area contributed by atoms with Gasteiger partial charge < -0.3 is 4.42 Å². The van der Waals surface area contributed by atoms with Crippen molar-refractivity contribution in [3.05, 3.63) is 71.4 Å². The average Bonchev–Trinajstić information content (AvgIpc) is 2.92. The van der Waals surface area contributed by atoms with E-state index in [9.17, 15) is 0 Å². The van der Waals surface area contributed by atoms with E-state index < -0.39 is 0 Å². The first-order valence-corrected chi connectivity index (χ1v) is 7.28. The van der Waals surface area contributed by atoms with Crippen molar-refractivity contribution >= 4 is 37.7 Å². The zero-order chi connectivity index (χ0) is 13.5. The molecule has 0 atom stereocenters. The molecule has 0 aliphatic heterocycles. The van der Waals surface area contributed by atoms with E-state index in [2.05, 4.69) is 58.4 Å². The SMILES string of the molecule is Brc1ccccc1-c1coc2ccc3ccccc3c12. The van der Waals surface area contributed by atoms with Gasteiger partial charge >= 0.3 is 0 Å². The summed E-state index contributed by atoms with van der Waals surface area (Å²) in [7, 11) is 0. The van der Waals surface area contributed by atoms with Gasteiger partial charge in [0.1, 0.15) is 5.58 Å². The molecule has 0 aliphatic rings. The Hall–Kier alpha value is -2.06. The molecule has 0 aliphatic carbocycles. The van der Waals surface area contributed by atoms with Crippen molar-refractivity contribution in [2.24, 2.45) is 0 Å². The molecule has 4 rings (SSSR count). The predicted molar refractivity (Wildman–Crippen MR) is 86.9 cm³/mol. The van der Waals surface area contributed by atoms with Crippen LogP contribution in [0, 0.1) is 0 Å². The second-order valence-corrected chi connectivity index (χ2v) is 5.64. The van der Waals surface area contributed by atoms with Crippen molar-refractivity contribution in [3.8, 4) is 11.1 Å². The molecule has 1 nitrogen and oxygen atoms in total. The van der Waals surface area contributed by atoms with E-state index >= 15 is 0 Å². The van der Waals surface area contributed by atoms with Gasteiger partial charge in [-0.2, -0.15) is 0 Å². The third-order valence-electron chi connectivity index (χ3n) is 3.63. The first-order valence-electron chi connectivity index (χ1n) is 6.48. The molecule has 0 radical (unpaired) electrons. The summed E-state index contributed by atoms with van der Waals surface area (Å²) in [5.41, 5.74) is 3.21. The lowest BCUT2D eigenvalue weighted by Gasteiger charge is -2.04. The number of hydrogen-bond donors (Lipinski definition) is 0. The van der Waals surface area contributed by atoms with Crippen LogP contribution in [0.4, 0.5) is 0 Å². The number of rotatable bonds is 1. The van der Waals surface area contributed by atoms with E-state index in [0.29, 0.717) is 0 Å². The molecule has 20 heavy (non-hydrogen) atoms. The van der Waals surface area contributed by atoms with E-state index in [1.165, 1.54) is 16.2 Å². The van der Waals surface area contributed by atoms with E-state index in [1.54, 1.807) is 0 Å². The Morgan fingerprint density at radius 1 is 0.750 bits per heavy atom. The smallest absolute Gasteiger partial charge is 0.135 e. The molecular formula is C18H11BrO. The Morgan fingerprint density at radius 2 is 1.55 bits per heavy atom. The quantitative estimate of drug-likeness (QED) is 0.418. The Kier molecular flexibility index (Phi) is 2.64. The summed E-state index contributed by atoms with van der Waals surface area (Å²) in [4.78, 5) is 0. The first kappa shape index (κ1) is 11.7. The summed E-state index contributed by atoms with van der Waals surface area (Å²) < 4.78 is 6.83. The van der Waals surface area contributed by atoms with Crippen LogP contribution in [0.15, 0.2) is 75.8 Å². The number of halogens is 1. The standard InChI is InChI=1S/C18H11BrO/c19-16-8-4-3-7-14(16)15-11-20-17-10-9-12-5-1-2-6-13(12)18(15)17/h1-11H. The van der Waals surface area contributed by atoms with Crippen molar-refractivity contribution in [2.75, 3.05) is 0 Å². The highest BCUT2D eigenvalue weighted by molar-refractivity contribution is 9.10. The topological polar surface area (TPSA) is 13.1 Å². The molecule has 2 heteroatoms. The van der Waals surface area contributed by atoms with Crippen LogP contribution >= 0.6 is 15.9 Å². The van der Waals surface area contributed by atoms with E-state index in [1.807, 2.05) is 24.5 Å². The van der Waals surface area contributed by atoms with Crippen LogP contribution in [0.5, 0.6) is 0 Å².